The molecule has 4 nitrogen and oxygen atoms in total. The normalized spacial score (nSPS) is 10.6. The standard InChI is InChI=1S/C16H11BrClNO3/c17-11-4-1-10(2-5-11)3-8-15(20)19-14-7-6-12(18)9-13(14)16(21)22/h1-9H,(H,19,20)(H,21,22). The van der Waals surface area contributed by atoms with Gasteiger partial charge in [0.25, 0.3) is 0 Å². The maximum atomic E-state index is 11.9. The van der Waals surface area contributed by atoms with Gasteiger partial charge < -0.3 is 10.4 Å². The zero-order chi connectivity index (χ0) is 16.1. The van der Waals surface area contributed by atoms with Crippen molar-refractivity contribution < 1.29 is 14.7 Å². The van der Waals surface area contributed by atoms with Crippen LogP contribution in [0.5, 0.6) is 0 Å². The van der Waals surface area contributed by atoms with E-state index in [-0.39, 0.29) is 11.3 Å². The van der Waals surface area contributed by atoms with Gasteiger partial charge in [0.1, 0.15) is 0 Å². The molecule has 0 aromatic heterocycles. The number of carbonyl (C=O) groups excluding carboxylic acids is 1. The molecule has 2 aromatic carbocycles. The van der Waals surface area contributed by atoms with Crippen molar-refractivity contribution in [3.05, 3.63) is 69.2 Å². The second-order valence-electron chi connectivity index (χ2n) is 4.37. The SMILES string of the molecule is O=C(C=Cc1ccc(Br)cc1)Nc1ccc(Cl)cc1C(=O)O. The average Bonchev–Trinajstić information content (AvgIpc) is 2.48. The van der Waals surface area contributed by atoms with Gasteiger partial charge in [0.2, 0.25) is 5.91 Å². The molecule has 6 heteroatoms. The molecule has 0 fully saturated rings. The van der Waals surface area contributed by atoms with Crippen LogP contribution < -0.4 is 5.32 Å². The number of hydrogen-bond acceptors (Lipinski definition) is 2. The topological polar surface area (TPSA) is 66.4 Å². The molecule has 0 aliphatic carbocycles. The second-order valence-corrected chi connectivity index (χ2v) is 5.72. The van der Waals surface area contributed by atoms with Crippen molar-refractivity contribution in [2.24, 2.45) is 0 Å². The number of benzene rings is 2. The fraction of sp³-hybridized carbons (Fsp3) is 0. The number of carbonyl (C=O) groups is 2. The third-order valence-electron chi connectivity index (χ3n) is 2.77. The van der Waals surface area contributed by atoms with E-state index in [9.17, 15) is 9.59 Å². The highest BCUT2D eigenvalue weighted by Crippen LogP contribution is 2.21. The quantitative estimate of drug-likeness (QED) is 0.770. The Bertz CT molecular complexity index is 742. The van der Waals surface area contributed by atoms with E-state index in [0.29, 0.717) is 5.02 Å². The van der Waals surface area contributed by atoms with Gasteiger partial charge in [-0.1, -0.05) is 39.7 Å². The number of nitrogens with one attached hydrogen (secondary N) is 1. The van der Waals surface area contributed by atoms with Crippen LogP contribution in [0.4, 0.5) is 5.69 Å². The Morgan fingerprint density at radius 3 is 2.45 bits per heavy atom. The first kappa shape index (κ1) is 16.3. The van der Waals surface area contributed by atoms with Gasteiger partial charge in [-0.25, -0.2) is 4.79 Å². The van der Waals surface area contributed by atoms with E-state index in [1.54, 1.807) is 6.08 Å². The van der Waals surface area contributed by atoms with Gasteiger partial charge in [-0.2, -0.15) is 0 Å². The summed E-state index contributed by atoms with van der Waals surface area (Å²) >= 11 is 9.08. The second kappa shape index (κ2) is 7.24. The van der Waals surface area contributed by atoms with Crippen LogP contribution in [0.3, 0.4) is 0 Å². The molecule has 0 spiro atoms. The fourth-order valence-corrected chi connectivity index (χ4v) is 2.16. The molecule has 2 aromatic rings. The third kappa shape index (κ3) is 4.44. The molecule has 0 heterocycles. The number of aromatic carboxylic acids is 1. The van der Waals surface area contributed by atoms with E-state index in [1.807, 2.05) is 24.3 Å². The summed E-state index contributed by atoms with van der Waals surface area (Å²) in [5.41, 5.74) is 0.994. The Hall–Kier alpha value is -2.11. The Morgan fingerprint density at radius 2 is 1.82 bits per heavy atom. The summed E-state index contributed by atoms with van der Waals surface area (Å²) in [5, 5.41) is 11.9. The number of anilines is 1. The minimum Gasteiger partial charge on any atom is -0.478 e. The lowest BCUT2D eigenvalue weighted by Crippen LogP contribution is -2.12. The number of carboxylic acids is 1. The van der Waals surface area contributed by atoms with Crippen molar-refractivity contribution in [2.75, 3.05) is 5.32 Å². The van der Waals surface area contributed by atoms with Crippen molar-refractivity contribution in [3.8, 4) is 0 Å². The molecule has 0 atom stereocenters. The van der Waals surface area contributed by atoms with E-state index < -0.39 is 11.9 Å². The highest BCUT2D eigenvalue weighted by Gasteiger charge is 2.12. The van der Waals surface area contributed by atoms with E-state index in [1.165, 1.54) is 24.3 Å². The predicted molar refractivity (Wildman–Crippen MR) is 90.2 cm³/mol. The minimum atomic E-state index is -1.16. The summed E-state index contributed by atoms with van der Waals surface area (Å²) in [6, 6.07) is 11.7. The summed E-state index contributed by atoms with van der Waals surface area (Å²) in [6.45, 7) is 0. The van der Waals surface area contributed by atoms with Crippen LogP contribution in [0.15, 0.2) is 53.0 Å². The highest BCUT2D eigenvalue weighted by molar-refractivity contribution is 9.10. The summed E-state index contributed by atoms with van der Waals surface area (Å²) < 4.78 is 0.946. The Labute approximate surface area is 140 Å². The molecule has 0 aliphatic rings. The van der Waals surface area contributed by atoms with Gasteiger partial charge in [0.05, 0.1) is 11.3 Å². The summed E-state index contributed by atoms with van der Waals surface area (Å²) in [7, 11) is 0. The van der Waals surface area contributed by atoms with Crippen LogP contribution in [0.25, 0.3) is 6.08 Å². The van der Waals surface area contributed by atoms with Gasteiger partial charge in [0.15, 0.2) is 0 Å². The van der Waals surface area contributed by atoms with Gasteiger partial charge in [-0.3, -0.25) is 4.79 Å². The number of rotatable bonds is 4. The molecule has 0 saturated heterocycles. The average molecular weight is 381 g/mol. The molecule has 112 valence electrons. The van der Waals surface area contributed by atoms with Gasteiger partial charge in [-0.05, 0) is 42.0 Å². The van der Waals surface area contributed by atoms with E-state index in [2.05, 4.69) is 21.2 Å². The lowest BCUT2D eigenvalue weighted by Gasteiger charge is -2.06. The molecule has 0 bridgehead atoms. The van der Waals surface area contributed by atoms with Crippen LogP contribution in [0.2, 0.25) is 5.02 Å². The lowest BCUT2D eigenvalue weighted by molar-refractivity contribution is -0.111. The molecule has 2 N–H and O–H groups in total. The van der Waals surface area contributed by atoms with Crippen molar-refractivity contribution in [1.29, 1.82) is 0 Å². The van der Waals surface area contributed by atoms with Crippen LogP contribution in [0.1, 0.15) is 15.9 Å². The minimum absolute atomic E-state index is 0.0575. The summed E-state index contributed by atoms with van der Waals surface area (Å²) in [5.74, 6) is -1.58. The lowest BCUT2D eigenvalue weighted by atomic mass is 10.1. The molecule has 22 heavy (non-hydrogen) atoms. The smallest absolute Gasteiger partial charge is 0.337 e. The van der Waals surface area contributed by atoms with Crippen LogP contribution in [0, 0.1) is 0 Å². The predicted octanol–water partition coefficient (Wildman–Crippen LogP) is 4.45. The number of amides is 1. The molecule has 2 rings (SSSR count). The summed E-state index contributed by atoms with van der Waals surface area (Å²) in [4.78, 5) is 23.0. The molecular formula is C16H11BrClNO3. The maximum Gasteiger partial charge on any atom is 0.337 e. The zero-order valence-electron chi connectivity index (χ0n) is 11.2. The molecule has 0 unspecified atom stereocenters. The largest absolute Gasteiger partial charge is 0.478 e. The first-order valence-corrected chi connectivity index (χ1v) is 7.40. The summed E-state index contributed by atoms with van der Waals surface area (Å²) in [6.07, 6.45) is 2.97. The molecule has 0 saturated carbocycles. The first-order valence-electron chi connectivity index (χ1n) is 6.23. The first-order chi connectivity index (χ1) is 10.5. The van der Waals surface area contributed by atoms with Crippen LogP contribution in [-0.4, -0.2) is 17.0 Å². The van der Waals surface area contributed by atoms with Crippen molar-refractivity contribution >= 4 is 51.2 Å². The van der Waals surface area contributed by atoms with E-state index >= 15 is 0 Å². The van der Waals surface area contributed by atoms with E-state index in [0.717, 1.165) is 10.0 Å². The van der Waals surface area contributed by atoms with Gasteiger partial charge in [-0.15, -0.1) is 0 Å². The molecule has 0 radical (unpaired) electrons. The van der Waals surface area contributed by atoms with Crippen LogP contribution >= 0.6 is 27.5 Å². The fourth-order valence-electron chi connectivity index (χ4n) is 1.72. The molecule has 1 amide bonds. The van der Waals surface area contributed by atoms with Crippen LogP contribution in [-0.2, 0) is 4.79 Å². The Morgan fingerprint density at radius 1 is 1.14 bits per heavy atom. The molecule has 0 aliphatic heterocycles. The maximum absolute atomic E-state index is 11.9. The van der Waals surface area contributed by atoms with E-state index in [4.69, 9.17) is 16.7 Å². The number of carboxylic acid groups (broad SMARTS) is 1. The van der Waals surface area contributed by atoms with Gasteiger partial charge >= 0.3 is 5.97 Å². The monoisotopic (exact) mass is 379 g/mol. The molecular weight excluding hydrogens is 370 g/mol. The Balaban J connectivity index is 2.12. The van der Waals surface area contributed by atoms with Crippen molar-refractivity contribution in [1.82, 2.24) is 0 Å². The van der Waals surface area contributed by atoms with Crippen molar-refractivity contribution in [3.63, 3.8) is 0 Å². The highest BCUT2D eigenvalue weighted by atomic mass is 79.9. The van der Waals surface area contributed by atoms with Gasteiger partial charge in [0, 0.05) is 15.6 Å². The zero-order valence-corrected chi connectivity index (χ0v) is 13.6. The number of halogens is 2. The third-order valence-corrected chi connectivity index (χ3v) is 3.53. The number of hydrogen-bond donors (Lipinski definition) is 2. The van der Waals surface area contributed by atoms with Crippen molar-refractivity contribution in [2.45, 2.75) is 0 Å². The Kier molecular flexibility index (Phi) is 5.35.